The number of aliphatic hydroxyl groups excluding tert-OH is 2. The average molecular weight is 499 g/mol. The van der Waals surface area contributed by atoms with Crippen molar-refractivity contribution >= 4 is 5.97 Å². The SMILES string of the molecule is C=C1[C@H](O)CC(=C/C=C2\CCC[C@]3(C)C([C@H](C)OC(=O)CC[C@](C)(O)C(F)(F)F)=CC[C@@H]23)C[C@H]1O. The van der Waals surface area contributed by atoms with E-state index >= 15 is 0 Å². The minimum atomic E-state index is -4.81. The van der Waals surface area contributed by atoms with Crippen molar-refractivity contribution in [1.29, 1.82) is 0 Å². The van der Waals surface area contributed by atoms with Crippen LogP contribution >= 0.6 is 0 Å². The van der Waals surface area contributed by atoms with Crippen LogP contribution in [-0.4, -0.2) is 51.4 Å². The molecule has 2 fully saturated rings. The Balaban J connectivity index is 1.65. The Morgan fingerprint density at radius 1 is 1.29 bits per heavy atom. The maximum Gasteiger partial charge on any atom is 0.416 e. The van der Waals surface area contributed by atoms with Gasteiger partial charge in [0.2, 0.25) is 0 Å². The summed E-state index contributed by atoms with van der Waals surface area (Å²) in [4.78, 5) is 12.3. The van der Waals surface area contributed by atoms with Gasteiger partial charge in [0.25, 0.3) is 0 Å². The van der Waals surface area contributed by atoms with Crippen molar-refractivity contribution in [2.24, 2.45) is 11.3 Å². The fraction of sp³-hybridized carbons (Fsp3) is 0.667. The largest absolute Gasteiger partial charge is 0.458 e. The maximum absolute atomic E-state index is 12.9. The highest BCUT2D eigenvalue weighted by Crippen LogP contribution is 2.55. The molecule has 5 nitrogen and oxygen atoms in total. The molecule has 0 radical (unpaired) electrons. The fourth-order valence-corrected chi connectivity index (χ4v) is 5.71. The summed E-state index contributed by atoms with van der Waals surface area (Å²) in [6, 6.07) is 0. The van der Waals surface area contributed by atoms with Crippen LogP contribution in [0.1, 0.15) is 72.1 Å². The van der Waals surface area contributed by atoms with E-state index in [4.69, 9.17) is 4.74 Å². The Kier molecular flexibility index (Phi) is 8.09. The van der Waals surface area contributed by atoms with Crippen LogP contribution in [0.15, 0.2) is 47.1 Å². The summed E-state index contributed by atoms with van der Waals surface area (Å²) in [6.45, 7) is 8.30. The molecule has 0 heterocycles. The van der Waals surface area contributed by atoms with Crippen molar-refractivity contribution in [3.63, 3.8) is 0 Å². The van der Waals surface area contributed by atoms with E-state index in [1.807, 2.05) is 6.08 Å². The van der Waals surface area contributed by atoms with Crippen molar-refractivity contribution in [3.05, 3.63) is 47.1 Å². The smallest absolute Gasteiger partial charge is 0.416 e. The first kappa shape index (κ1) is 27.7. The predicted octanol–water partition coefficient (Wildman–Crippen LogP) is 5.07. The second-order valence-corrected chi connectivity index (χ2v) is 10.7. The zero-order valence-electron chi connectivity index (χ0n) is 20.7. The zero-order chi connectivity index (χ0) is 26.2. The third-order valence-electron chi connectivity index (χ3n) is 8.08. The molecular formula is C27H37F3O5. The summed E-state index contributed by atoms with van der Waals surface area (Å²) >= 11 is 0. The number of carbonyl (C=O) groups excluding carboxylic acids is 1. The molecule has 6 atom stereocenters. The van der Waals surface area contributed by atoms with Gasteiger partial charge in [0.15, 0.2) is 5.60 Å². The summed E-state index contributed by atoms with van der Waals surface area (Å²) in [5, 5.41) is 29.8. The number of allylic oxidation sites excluding steroid dienone is 4. The van der Waals surface area contributed by atoms with Crippen LogP contribution in [0.4, 0.5) is 13.2 Å². The summed E-state index contributed by atoms with van der Waals surface area (Å²) in [6.07, 6.45) is 2.55. The Hall–Kier alpha value is -1.90. The molecule has 0 saturated heterocycles. The third-order valence-corrected chi connectivity index (χ3v) is 8.08. The van der Waals surface area contributed by atoms with Gasteiger partial charge < -0.3 is 20.1 Å². The fourth-order valence-electron chi connectivity index (χ4n) is 5.71. The monoisotopic (exact) mass is 498 g/mol. The van der Waals surface area contributed by atoms with E-state index in [0.29, 0.717) is 25.3 Å². The number of fused-ring (bicyclic) bond motifs is 1. The summed E-state index contributed by atoms with van der Waals surface area (Å²) in [5.41, 5.74) is 0.520. The molecule has 0 bridgehead atoms. The van der Waals surface area contributed by atoms with Crippen molar-refractivity contribution < 1.29 is 38.0 Å². The highest BCUT2D eigenvalue weighted by atomic mass is 19.4. The Morgan fingerprint density at radius 2 is 1.91 bits per heavy atom. The summed E-state index contributed by atoms with van der Waals surface area (Å²) in [7, 11) is 0. The van der Waals surface area contributed by atoms with Gasteiger partial charge in [-0.2, -0.15) is 13.2 Å². The number of aliphatic hydroxyl groups is 3. The van der Waals surface area contributed by atoms with Gasteiger partial charge in [0.1, 0.15) is 6.10 Å². The molecule has 0 aromatic heterocycles. The van der Waals surface area contributed by atoms with Gasteiger partial charge >= 0.3 is 12.1 Å². The van der Waals surface area contributed by atoms with Gasteiger partial charge in [-0.1, -0.05) is 42.9 Å². The van der Waals surface area contributed by atoms with Crippen LogP contribution in [-0.2, 0) is 9.53 Å². The molecule has 0 unspecified atom stereocenters. The van der Waals surface area contributed by atoms with Crippen LogP contribution in [0.25, 0.3) is 0 Å². The quantitative estimate of drug-likeness (QED) is 0.352. The lowest BCUT2D eigenvalue weighted by Crippen LogP contribution is -2.42. The number of alkyl halides is 3. The number of hydrogen-bond acceptors (Lipinski definition) is 5. The van der Waals surface area contributed by atoms with E-state index in [2.05, 4.69) is 25.7 Å². The molecule has 35 heavy (non-hydrogen) atoms. The van der Waals surface area contributed by atoms with Crippen LogP contribution in [0.3, 0.4) is 0 Å². The summed E-state index contributed by atoms with van der Waals surface area (Å²) < 4.78 is 44.1. The van der Waals surface area contributed by atoms with E-state index in [1.165, 1.54) is 5.57 Å². The van der Waals surface area contributed by atoms with Crippen LogP contribution in [0.5, 0.6) is 0 Å². The minimum absolute atomic E-state index is 0.223. The molecule has 0 aromatic rings. The van der Waals surface area contributed by atoms with E-state index in [0.717, 1.165) is 36.8 Å². The minimum Gasteiger partial charge on any atom is -0.458 e. The van der Waals surface area contributed by atoms with Gasteiger partial charge in [-0.05, 0) is 81.3 Å². The average Bonchev–Trinajstić information content (AvgIpc) is 3.11. The van der Waals surface area contributed by atoms with E-state index < -0.39 is 48.9 Å². The first-order chi connectivity index (χ1) is 16.2. The highest BCUT2D eigenvalue weighted by Gasteiger charge is 2.50. The normalized spacial score (nSPS) is 33.1. The summed E-state index contributed by atoms with van der Waals surface area (Å²) in [5.74, 6) is -0.536. The highest BCUT2D eigenvalue weighted by molar-refractivity contribution is 5.70. The molecule has 0 aliphatic heterocycles. The first-order valence-electron chi connectivity index (χ1n) is 12.3. The number of esters is 1. The lowest BCUT2D eigenvalue weighted by Gasteiger charge is -2.42. The lowest BCUT2D eigenvalue weighted by molar-refractivity contribution is -0.255. The Morgan fingerprint density at radius 3 is 2.51 bits per heavy atom. The van der Waals surface area contributed by atoms with Gasteiger partial charge in [-0.3, -0.25) is 4.79 Å². The Bertz CT molecular complexity index is 914. The molecule has 0 spiro atoms. The van der Waals surface area contributed by atoms with E-state index in [9.17, 15) is 33.3 Å². The molecule has 8 heteroatoms. The van der Waals surface area contributed by atoms with E-state index in [1.54, 1.807) is 6.92 Å². The standard InChI is InChI=1S/C27H37F3O5/c1-16-22(31)14-18(15-23(16)32)7-8-19-6-5-12-25(3)20(9-10-21(19)25)17(2)35-24(33)11-13-26(4,34)27(28,29)30/h7-9,17,21-23,31-32,34H,1,5-6,10-15H2,2-4H3/b19-8+/t17-,21-,22+,23+,25+,26-/m0/s1. The molecule has 0 aromatic carbocycles. The maximum atomic E-state index is 12.9. The molecule has 3 N–H and O–H groups in total. The predicted molar refractivity (Wildman–Crippen MR) is 126 cm³/mol. The van der Waals surface area contributed by atoms with Crippen molar-refractivity contribution in [1.82, 2.24) is 0 Å². The number of halogens is 3. The number of rotatable bonds is 6. The molecule has 0 amide bonds. The molecule has 3 aliphatic carbocycles. The zero-order valence-corrected chi connectivity index (χ0v) is 20.7. The van der Waals surface area contributed by atoms with E-state index in [-0.39, 0.29) is 11.3 Å². The Labute approximate surface area is 205 Å². The van der Waals surface area contributed by atoms with Crippen LogP contribution < -0.4 is 0 Å². The third kappa shape index (κ3) is 5.92. The number of hydrogen-bond donors (Lipinski definition) is 3. The second kappa shape index (κ2) is 10.2. The van der Waals surface area contributed by atoms with Crippen LogP contribution in [0.2, 0.25) is 0 Å². The molecule has 3 rings (SSSR count). The molecular weight excluding hydrogens is 461 g/mol. The molecule has 196 valence electrons. The topological polar surface area (TPSA) is 87.0 Å². The number of ether oxygens (including phenoxy) is 1. The van der Waals surface area contributed by atoms with Crippen molar-refractivity contribution in [2.75, 3.05) is 0 Å². The first-order valence-corrected chi connectivity index (χ1v) is 12.3. The molecule has 2 saturated carbocycles. The van der Waals surface area contributed by atoms with Gasteiger partial charge in [0.05, 0.1) is 12.2 Å². The van der Waals surface area contributed by atoms with Gasteiger partial charge in [0, 0.05) is 6.42 Å². The lowest BCUT2D eigenvalue weighted by atomic mass is 9.63. The van der Waals surface area contributed by atoms with Gasteiger partial charge in [-0.15, -0.1) is 0 Å². The van der Waals surface area contributed by atoms with Crippen LogP contribution in [0, 0.1) is 11.3 Å². The van der Waals surface area contributed by atoms with Gasteiger partial charge in [-0.25, -0.2) is 0 Å². The number of carbonyl (C=O) groups is 1. The van der Waals surface area contributed by atoms with Crippen molar-refractivity contribution in [3.8, 4) is 0 Å². The van der Waals surface area contributed by atoms with Crippen molar-refractivity contribution in [2.45, 2.75) is 102 Å². The second-order valence-electron chi connectivity index (χ2n) is 10.7. The molecule has 3 aliphatic rings.